The van der Waals surface area contributed by atoms with Crippen molar-refractivity contribution in [3.05, 3.63) is 48.0 Å². The zero-order chi connectivity index (χ0) is 20.7. The van der Waals surface area contributed by atoms with Crippen molar-refractivity contribution >= 4 is 21.6 Å². The number of ether oxygens (including phenoxy) is 2. The second-order valence-electron chi connectivity index (χ2n) is 6.02. The Labute approximate surface area is 166 Å². The van der Waals surface area contributed by atoms with Crippen LogP contribution in [0.1, 0.15) is 19.4 Å². The summed E-state index contributed by atoms with van der Waals surface area (Å²) in [7, 11) is -0.597. The summed E-state index contributed by atoms with van der Waals surface area (Å²) in [6.07, 6.45) is 0.139. The topological polar surface area (TPSA) is 84.9 Å². The molecule has 2 aromatic rings. The zero-order valence-electron chi connectivity index (χ0n) is 16.6. The van der Waals surface area contributed by atoms with Crippen LogP contribution in [0.2, 0.25) is 0 Å². The number of nitrogens with zero attached hydrogens (tertiary/aromatic N) is 1. The Morgan fingerprint density at radius 3 is 2.18 bits per heavy atom. The number of carbonyl (C=O) groups excluding carboxylic acids is 1. The summed E-state index contributed by atoms with van der Waals surface area (Å²) >= 11 is 0. The summed E-state index contributed by atoms with van der Waals surface area (Å²) in [4.78, 5) is 12.6. The molecule has 0 atom stereocenters. The van der Waals surface area contributed by atoms with Gasteiger partial charge in [0.25, 0.3) is 0 Å². The number of benzene rings is 2. The maximum atomic E-state index is 12.7. The molecule has 1 N–H and O–H groups in total. The van der Waals surface area contributed by atoms with Gasteiger partial charge in [0, 0.05) is 13.1 Å². The number of sulfonamides is 1. The molecule has 0 bridgehead atoms. The number of methoxy groups -OCH3 is 2. The van der Waals surface area contributed by atoms with Crippen LogP contribution < -0.4 is 14.8 Å². The van der Waals surface area contributed by atoms with Gasteiger partial charge in [-0.2, -0.15) is 4.31 Å². The van der Waals surface area contributed by atoms with Crippen molar-refractivity contribution in [1.29, 1.82) is 0 Å². The highest BCUT2D eigenvalue weighted by Gasteiger charge is 2.23. The lowest BCUT2D eigenvalue weighted by molar-refractivity contribution is -0.115. The Bertz CT molecular complexity index is 907. The third-order valence-corrected chi connectivity index (χ3v) is 6.36. The first-order chi connectivity index (χ1) is 13.3. The maximum Gasteiger partial charge on any atom is 0.243 e. The Hall–Kier alpha value is -2.58. The van der Waals surface area contributed by atoms with Crippen molar-refractivity contribution in [2.75, 3.05) is 32.6 Å². The molecule has 7 nitrogen and oxygen atoms in total. The zero-order valence-corrected chi connectivity index (χ0v) is 17.4. The van der Waals surface area contributed by atoms with Crippen LogP contribution >= 0.6 is 0 Å². The molecule has 0 saturated heterocycles. The van der Waals surface area contributed by atoms with Gasteiger partial charge in [0.2, 0.25) is 15.9 Å². The average molecular weight is 407 g/mol. The first-order valence-corrected chi connectivity index (χ1v) is 10.4. The molecule has 0 spiro atoms. The lowest BCUT2D eigenvalue weighted by atomic mass is 10.1. The van der Waals surface area contributed by atoms with Crippen molar-refractivity contribution in [1.82, 2.24) is 4.31 Å². The van der Waals surface area contributed by atoms with Crippen LogP contribution in [-0.2, 0) is 21.2 Å². The molecule has 28 heavy (non-hydrogen) atoms. The van der Waals surface area contributed by atoms with Crippen molar-refractivity contribution < 1.29 is 22.7 Å². The van der Waals surface area contributed by atoms with Gasteiger partial charge in [-0.1, -0.05) is 26.0 Å². The Balaban J connectivity index is 2.24. The number of nitrogens with one attached hydrogen (secondary N) is 1. The highest BCUT2D eigenvalue weighted by Crippen LogP contribution is 2.29. The third-order valence-electron chi connectivity index (χ3n) is 4.31. The highest BCUT2D eigenvalue weighted by atomic mass is 32.2. The van der Waals surface area contributed by atoms with Crippen LogP contribution in [0, 0.1) is 0 Å². The van der Waals surface area contributed by atoms with Gasteiger partial charge in [-0.3, -0.25) is 4.79 Å². The molecule has 0 aliphatic heterocycles. The SMILES string of the molecule is CCN(CC)S(=O)(=O)c1ccc(OC)c(NC(=O)Cc2ccc(OC)cc2)c1. The van der Waals surface area contributed by atoms with Crippen LogP contribution in [0.25, 0.3) is 0 Å². The van der Waals surface area contributed by atoms with Gasteiger partial charge in [-0.15, -0.1) is 0 Å². The summed E-state index contributed by atoms with van der Waals surface area (Å²) in [5.41, 5.74) is 1.12. The molecular weight excluding hydrogens is 380 g/mol. The van der Waals surface area contributed by atoms with Crippen molar-refractivity contribution in [3.63, 3.8) is 0 Å². The fraction of sp³-hybridized carbons (Fsp3) is 0.350. The van der Waals surface area contributed by atoms with Crippen LogP contribution in [-0.4, -0.2) is 45.9 Å². The fourth-order valence-corrected chi connectivity index (χ4v) is 4.27. The summed E-state index contributed by atoms with van der Waals surface area (Å²) in [6.45, 7) is 4.29. The van der Waals surface area contributed by atoms with E-state index in [1.165, 1.54) is 23.5 Å². The van der Waals surface area contributed by atoms with Gasteiger partial charge < -0.3 is 14.8 Å². The molecule has 8 heteroatoms. The molecule has 1 amide bonds. The van der Waals surface area contributed by atoms with Crippen molar-refractivity contribution in [3.8, 4) is 11.5 Å². The molecule has 0 heterocycles. The lowest BCUT2D eigenvalue weighted by Crippen LogP contribution is -2.30. The van der Waals surface area contributed by atoms with E-state index in [0.29, 0.717) is 30.3 Å². The highest BCUT2D eigenvalue weighted by molar-refractivity contribution is 7.89. The smallest absolute Gasteiger partial charge is 0.243 e. The minimum absolute atomic E-state index is 0.108. The average Bonchev–Trinajstić information content (AvgIpc) is 2.69. The second kappa shape index (κ2) is 9.57. The summed E-state index contributed by atoms with van der Waals surface area (Å²) in [5.74, 6) is 0.822. The molecule has 152 valence electrons. The van der Waals surface area contributed by atoms with Gasteiger partial charge in [-0.25, -0.2) is 8.42 Å². The Kier molecular flexibility index (Phi) is 7.42. The Morgan fingerprint density at radius 2 is 1.64 bits per heavy atom. The van der Waals surface area contributed by atoms with Gasteiger partial charge in [0.05, 0.1) is 31.2 Å². The van der Waals surface area contributed by atoms with Crippen LogP contribution in [0.5, 0.6) is 11.5 Å². The molecule has 2 aromatic carbocycles. The summed E-state index contributed by atoms with van der Waals surface area (Å²) in [5, 5.41) is 2.75. The number of carbonyl (C=O) groups is 1. The standard InChI is InChI=1S/C20H26N2O5S/c1-5-22(6-2)28(24,25)17-11-12-19(27-4)18(14-17)21-20(23)13-15-7-9-16(26-3)10-8-15/h7-12,14H,5-6,13H2,1-4H3,(H,21,23). The molecule has 0 aromatic heterocycles. The predicted octanol–water partition coefficient (Wildman–Crippen LogP) is 2.92. The Morgan fingerprint density at radius 1 is 1.00 bits per heavy atom. The van der Waals surface area contributed by atoms with E-state index in [1.807, 2.05) is 0 Å². The van der Waals surface area contributed by atoms with Crippen molar-refractivity contribution in [2.24, 2.45) is 0 Å². The van der Waals surface area contributed by atoms with E-state index in [9.17, 15) is 13.2 Å². The second-order valence-corrected chi connectivity index (χ2v) is 7.96. The molecule has 0 aliphatic carbocycles. The van der Waals surface area contributed by atoms with Crippen molar-refractivity contribution in [2.45, 2.75) is 25.2 Å². The monoisotopic (exact) mass is 406 g/mol. The van der Waals surface area contributed by atoms with Gasteiger partial charge in [0.15, 0.2) is 0 Å². The first-order valence-electron chi connectivity index (χ1n) is 8.96. The largest absolute Gasteiger partial charge is 0.497 e. The van der Waals surface area contributed by atoms with E-state index < -0.39 is 10.0 Å². The van der Waals surface area contributed by atoms with E-state index in [4.69, 9.17) is 9.47 Å². The maximum absolute atomic E-state index is 12.7. The minimum atomic E-state index is -3.64. The molecule has 2 rings (SSSR count). The molecule has 0 aliphatic rings. The molecule has 0 radical (unpaired) electrons. The first kappa shape index (κ1) is 21.7. The van der Waals surface area contributed by atoms with E-state index in [0.717, 1.165) is 5.56 Å². The van der Waals surface area contributed by atoms with E-state index in [1.54, 1.807) is 51.3 Å². The normalized spacial score (nSPS) is 11.3. The molecule has 0 fully saturated rings. The van der Waals surface area contributed by atoms with E-state index in [-0.39, 0.29) is 17.2 Å². The summed E-state index contributed by atoms with van der Waals surface area (Å²) in [6, 6.07) is 11.6. The van der Waals surface area contributed by atoms with Crippen LogP contribution in [0.15, 0.2) is 47.4 Å². The number of anilines is 1. The number of hydrogen-bond acceptors (Lipinski definition) is 5. The van der Waals surface area contributed by atoms with Crippen LogP contribution in [0.3, 0.4) is 0 Å². The lowest BCUT2D eigenvalue weighted by Gasteiger charge is -2.19. The quantitative estimate of drug-likeness (QED) is 0.692. The molecule has 0 saturated carbocycles. The van der Waals surface area contributed by atoms with Gasteiger partial charge in [0.1, 0.15) is 11.5 Å². The predicted molar refractivity (Wildman–Crippen MR) is 108 cm³/mol. The number of amides is 1. The minimum Gasteiger partial charge on any atom is -0.497 e. The van der Waals surface area contributed by atoms with E-state index >= 15 is 0 Å². The number of hydrogen-bond donors (Lipinski definition) is 1. The van der Waals surface area contributed by atoms with Crippen LogP contribution in [0.4, 0.5) is 5.69 Å². The van der Waals surface area contributed by atoms with E-state index in [2.05, 4.69) is 5.32 Å². The van der Waals surface area contributed by atoms with Gasteiger partial charge in [-0.05, 0) is 35.9 Å². The number of rotatable bonds is 9. The molecule has 0 unspecified atom stereocenters. The van der Waals surface area contributed by atoms with Gasteiger partial charge >= 0.3 is 0 Å². The third kappa shape index (κ3) is 5.02. The summed E-state index contributed by atoms with van der Waals surface area (Å²) < 4.78 is 37.2. The fourth-order valence-electron chi connectivity index (χ4n) is 2.78. The molecular formula is C20H26N2O5S.